The van der Waals surface area contributed by atoms with Gasteiger partial charge in [-0.15, -0.1) is 13.2 Å². The van der Waals surface area contributed by atoms with Crippen molar-refractivity contribution in [2.75, 3.05) is 0 Å². The third kappa shape index (κ3) is 9.33. The van der Waals surface area contributed by atoms with E-state index in [9.17, 15) is 9.59 Å². The van der Waals surface area contributed by atoms with Gasteiger partial charge >= 0.3 is 0 Å². The van der Waals surface area contributed by atoms with E-state index in [4.69, 9.17) is 0 Å². The molecular weight excluding hydrogens is 332 g/mol. The minimum absolute atomic E-state index is 0.0211. The second kappa shape index (κ2) is 21.8. The summed E-state index contributed by atoms with van der Waals surface area (Å²) in [5, 5.41) is 0. The van der Waals surface area contributed by atoms with Crippen molar-refractivity contribution in [1.82, 2.24) is 0 Å². The molecule has 2 heteroatoms. The number of rotatable bonds is 2. The van der Waals surface area contributed by atoms with Gasteiger partial charge < -0.3 is 0 Å². The Labute approximate surface area is 169 Å². The Hall–Kier alpha value is -2.22. The van der Waals surface area contributed by atoms with Gasteiger partial charge in [0.1, 0.15) is 0 Å². The summed E-state index contributed by atoms with van der Waals surface area (Å²) in [6.45, 7) is 29.5. The SMILES string of the molecule is C=C.C=CC1=C(C(C)C)C(=O)c2ccccc2C1=O.CC.CC.CC.CC. The van der Waals surface area contributed by atoms with E-state index in [1.807, 2.05) is 69.2 Å². The zero-order valence-electron chi connectivity index (χ0n) is 19.4. The van der Waals surface area contributed by atoms with Crippen LogP contribution in [0.4, 0.5) is 0 Å². The summed E-state index contributed by atoms with van der Waals surface area (Å²) in [7, 11) is 0. The number of ketones is 2. The molecule has 0 bridgehead atoms. The highest BCUT2D eigenvalue weighted by atomic mass is 16.1. The van der Waals surface area contributed by atoms with Gasteiger partial charge in [-0.1, -0.05) is 106 Å². The largest absolute Gasteiger partial charge is 0.289 e. The molecule has 1 aromatic rings. The van der Waals surface area contributed by atoms with Crippen molar-refractivity contribution >= 4 is 11.6 Å². The third-order valence-electron chi connectivity index (χ3n) is 2.98. The second-order valence-corrected chi connectivity index (χ2v) is 4.39. The lowest BCUT2D eigenvalue weighted by atomic mass is 9.80. The number of hydrogen-bond acceptors (Lipinski definition) is 2. The fourth-order valence-corrected chi connectivity index (χ4v) is 2.19. The van der Waals surface area contributed by atoms with Gasteiger partial charge in [-0.3, -0.25) is 9.59 Å². The van der Waals surface area contributed by atoms with Gasteiger partial charge in [0.25, 0.3) is 0 Å². The van der Waals surface area contributed by atoms with Crippen LogP contribution in [0.25, 0.3) is 0 Å². The van der Waals surface area contributed by atoms with E-state index >= 15 is 0 Å². The van der Waals surface area contributed by atoms with Gasteiger partial charge in [0.15, 0.2) is 11.6 Å². The number of hydrogen-bond donors (Lipinski definition) is 0. The molecule has 0 N–H and O–H groups in total. The molecule has 154 valence electrons. The van der Waals surface area contributed by atoms with E-state index in [1.165, 1.54) is 6.08 Å². The fraction of sp³-hybridized carbons (Fsp3) is 0.440. The van der Waals surface area contributed by atoms with Crippen LogP contribution in [0.3, 0.4) is 0 Å². The van der Waals surface area contributed by atoms with Crippen LogP contribution < -0.4 is 0 Å². The average Bonchev–Trinajstić information content (AvgIpc) is 2.77. The van der Waals surface area contributed by atoms with E-state index < -0.39 is 0 Å². The van der Waals surface area contributed by atoms with Crippen molar-refractivity contribution < 1.29 is 9.59 Å². The predicted molar refractivity (Wildman–Crippen MR) is 124 cm³/mol. The molecule has 2 nitrogen and oxygen atoms in total. The topological polar surface area (TPSA) is 34.1 Å². The average molecular weight is 375 g/mol. The molecule has 0 atom stereocenters. The number of fused-ring (bicyclic) bond motifs is 1. The molecule has 0 aliphatic heterocycles. The lowest BCUT2D eigenvalue weighted by Crippen LogP contribution is -2.23. The van der Waals surface area contributed by atoms with E-state index in [0.717, 1.165) is 0 Å². The van der Waals surface area contributed by atoms with Gasteiger partial charge in [0, 0.05) is 22.3 Å². The van der Waals surface area contributed by atoms with Crippen LogP contribution in [-0.4, -0.2) is 11.6 Å². The lowest BCUT2D eigenvalue weighted by molar-refractivity contribution is 0.0970. The summed E-state index contributed by atoms with van der Waals surface area (Å²) < 4.78 is 0. The Morgan fingerprint density at radius 2 is 1.07 bits per heavy atom. The minimum atomic E-state index is -0.0982. The standard InChI is InChI=1S/C15H14O2.4C2H6.C2H4/c1-4-10-13(9(2)3)15(17)12-8-6-5-7-11(12)14(10)16;5*1-2/h4-9H,1H2,2-3H3;4*1-2H3;1-2H2. The zero-order valence-corrected chi connectivity index (χ0v) is 19.4. The van der Waals surface area contributed by atoms with Crippen molar-refractivity contribution in [3.8, 4) is 0 Å². The maximum absolute atomic E-state index is 12.3. The van der Waals surface area contributed by atoms with E-state index in [0.29, 0.717) is 22.3 Å². The highest BCUT2D eigenvalue weighted by Gasteiger charge is 2.31. The van der Waals surface area contributed by atoms with Crippen molar-refractivity contribution in [3.63, 3.8) is 0 Å². The molecule has 0 fully saturated rings. The monoisotopic (exact) mass is 374 g/mol. The fourth-order valence-electron chi connectivity index (χ4n) is 2.19. The number of benzene rings is 1. The van der Waals surface area contributed by atoms with Gasteiger partial charge in [0.05, 0.1) is 0 Å². The normalized spacial score (nSPS) is 10.6. The number of Topliss-reactive ketones (excluding diaryl/α,β-unsaturated/α-hetero) is 2. The van der Waals surface area contributed by atoms with Gasteiger partial charge in [-0.25, -0.2) is 0 Å². The first kappa shape index (κ1) is 32.5. The highest BCUT2D eigenvalue weighted by molar-refractivity contribution is 6.28. The Bertz CT molecular complexity index is 563. The first-order valence-corrected chi connectivity index (χ1v) is 10.1. The predicted octanol–water partition coefficient (Wildman–Crippen LogP) is 8.11. The number of carbonyl (C=O) groups is 2. The molecule has 0 heterocycles. The molecule has 1 aromatic carbocycles. The lowest BCUT2D eigenvalue weighted by Gasteiger charge is -2.21. The summed E-state index contributed by atoms with van der Waals surface area (Å²) in [4.78, 5) is 24.5. The van der Waals surface area contributed by atoms with Gasteiger partial charge in [0.2, 0.25) is 0 Å². The Kier molecular flexibility index (Phi) is 26.2. The third-order valence-corrected chi connectivity index (χ3v) is 2.98. The van der Waals surface area contributed by atoms with Crippen LogP contribution in [0.5, 0.6) is 0 Å². The first-order chi connectivity index (χ1) is 13.1. The van der Waals surface area contributed by atoms with Crippen LogP contribution in [0.2, 0.25) is 0 Å². The van der Waals surface area contributed by atoms with Crippen molar-refractivity contribution in [2.24, 2.45) is 5.92 Å². The summed E-state index contributed by atoms with van der Waals surface area (Å²) in [6.07, 6.45) is 1.49. The Morgan fingerprint density at radius 1 is 0.741 bits per heavy atom. The zero-order chi connectivity index (χ0) is 22.6. The van der Waals surface area contributed by atoms with Crippen LogP contribution in [-0.2, 0) is 0 Å². The molecule has 0 amide bonds. The minimum Gasteiger partial charge on any atom is -0.289 e. The molecule has 2 rings (SSSR count). The molecule has 1 aliphatic carbocycles. The summed E-state index contributed by atoms with van der Waals surface area (Å²) >= 11 is 0. The van der Waals surface area contributed by atoms with E-state index in [-0.39, 0.29) is 17.5 Å². The number of allylic oxidation sites excluding steroid dienone is 3. The van der Waals surface area contributed by atoms with Gasteiger partial charge in [-0.2, -0.15) is 0 Å². The second-order valence-electron chi connectivity index (χ2n) is 4.39. The van der Waals surface area contributed by atoms with Crippen LogP contribution >= 0.6 is 0 Å². The smallest absolute Gasteiger partial charge is 0.194 e. The van der Waals surface area contributed by atoms with Crippen molar-refractivity contribution in [1.29, 1.82) is 0 Å². The van der Waals surface area contributed by atoms with Gasteiger partial charge in [-0.05, 0) is 5.92 Å². The molecule has 0 saturated heterocycles. The maximum atomic E-state index is 12.3. The molecule has 0 aromatic heterocycles. The maximum Gasteiger partial charge on any atom is 0.194 e. The number of carbonyl (C=O) groups excluding carboxylic acids is 2. The molecule has 27 heavy (non-hydrogen) atoms. The van der Waals surface area contributed by atoms with Crippen LogP contribution in [0.15, 0.2) is 61.2 Å². The highest BCUT2D eigenvalue weighted by Crippen LogP contribution is 2.30. The summed E-state index contributed by atoms with van der Waals surface area (Å²) in [5.41, 5.74) is 2.01. The van der Waals surface area contributed by atoms with Crippen LogP contribution in [0.1, 0.15) is 90.0 Å². The van der Waals surface area contributed by atoms with E-state index in [1.54, 1.807) is 24.3 Å². The molecule has 1 aliphatic rings. The molecule has 0 radical (unpaired) electrons. The van der Waals surface area contributed by atoms with Crippen molar-refractivity contribution in [3.05, 3.63) is 72.4 Å². The molecule has 0 spiro atoms. The summed E-state index contributed by atoms with van der Waals surface area (Å²) in [6, 6.07) is 6.94. The molecule has 0 unspecified atom stereocenters. The molecular formula is C25H42O2. The molecule has 0 saturated carbocycles. The quantitative estimate of drug-likeness (QED) is 0.490. The first-order valence-electron chi connectivity index (χ1n) is 10.1. The summed E-state index contributed by atoms with van der Waals surface area (Å²) in [5.74, 6) is -0.128. The van der Waals surface area contributed by atoms with Crippen molar-refractivity contribution in [2.45, 2.75) is 69.2 Å². The Balaban J connectivity index is -0.000000230. The van der Waals surface area contributed by atoms with E-state index in [2.05, 4.69) is 19.7 Å². The Morgan fingerprint density at radius 3 is 1.37 bits per heavy atom. The van der Waals surface area contributed by atoms with Crippen LogP contribution in [0, 0.1) is 5.92 Å².